The molecule has 2 aliphatic heterocycles. The summed E-state index contributed by atoms with van der Waals surface area (Å²) >= 11 is 4.96. The number of rotatable bonds is 6. The van der Waals surface area contributed by atoms with Crippen molar-refractivity contribution in [3.05, 3.63) is 23.3 Å². The monoisotopic (exact) mass is 431 g/mol. The molecule has 0 spiro atoms. The lowest BCUT2D eigenvalue weighted by Gasteiger charge is -2.47. The second-order valence-corrected chi connectivity index (χ2v) is 10.1. The molecule has 1 aromatic rings. The number of benzene rings is 1. The first kappa shape index (κ1) is 22.6. The van der Waals surface area contributed by atoms with Gasteiger partial charge in [0.05, 0.1) is 26.2 Å². The van der Waals surface area contributed by atoms with Gasteiger partial charge in [0.25, 0.3) is 0 Å². The highest BCUT2D eigenvalue weighted by molar-refractivity contribution is 6.21. The van der Waals surface area contributed by atoms with Crippen LogP contribution in [0.5, 0.6) is 11.5 Å². The summed E-state index contributed by atoms with van der Waals surface area (Å²) < 4.78 is 36.7. The third-order valence-corrected chi connectivity index (χ3v) is 6.08. The fourth-order valence-corrected chi connectivity index (χ4v) is 4.71. The molecule has 0 aromatic heterocycles. The third-order valence-electron chi connectivity index (χ3n) is 5.89. The quantitative estimate of drug-likeness (QED) is 0.643. The van der Waals surface area contributed by atoms with Crippen molar-refractivity contribution < 1.29 is 23.4 Å². The van der Waals surface area contributed by atoms with Crippen LogP contribution in [0.15, 0.2) is 12.1 Å². The molecule has 2 aliphatic rings. The topological polar surface area (TPSA) is 41.9 Å². The molecule has 29 heavy (non-hydrogen) atoms. The number of fused-ring (bicyclic) bond motifs is 3. The van der Waals surface area contributed by atoms with Crippen LogP contribution in [0, 0.1) is 11.3 Å². The van der Waals surface area contributed by atoms with E-state index in [1.807, 2.05) is 12.1 Å². The highest BCUT2D eigenvalue weighted by atomic mass is 35.5. The molecule has 1 N–H and O–H groups in total. The van der Waals surface area contributed by atoms with Gasteiger partial charge >= 0.3 is 5.38 Å². The summed E-state index contributed by atoms with van der Waals surface area (Å²) in [6.45, 7) is 8.25. The van der Waals surface area contributed by atoms with Crippen LogP contribution in [0.2, 0.25) is 0 Å². The average molecular weight is 432 g/mol. The van der Waals surface area contributed by atoms with E-state index in [1.165, 1.54) is 0 Å². The number of aliphatic hydroxyl groups is 1. The van der Waals surface area contributed by atoms with Crippen LogP contribution in [0.25, 0.3) is 0 Å². The number of ether oxygens (including phenoxy) is 2. The van der Waals surface area contributed by atoms with Crippen molar-refractivity contribution in [3.63, 3.8) is 0 Å². The second kappa shape index (κ2) is 8.56. The molecule has 0 radical (unpaired) electrons. The van der Waals surface area contributed by atoms with E-state index in [1.54, 1.807) is 7.11 Å². The van der Waals surface area contributed by atoms with E-state index >= 15 is 0 Å². The summed E-state index contributed by atoms with van der Waals surface area (Å²) in [4.78, 5) is 2.46. The van der Waals surface area contributed by atoms with Crippen molar-refractivity contribution in [3.8, 4) is 11.5 Å². The van der Waals surface area contributed by atoms with Crippen molar-refractivity contribution >= 4 is 11.6 Å². The van der Waals surface area contributed by atoms with Crippen LogP contribution >= 0.6 is 11.6 Å². The van der Waals surface area contributed by atoms with Crippen molar-refractivity contribution in [1.29, 1.82) is 0 Å². The van der Waals surface area contributed by atoms with Crippen molar-refractivity contribution in [2.75, 3.05) is 26.8 Å². The van der Waals surface area contributed by atoms with E-state index in [0.29, 0.717) is 17.9 Å². The van der Waals surface area contributed by atoms with Gasteiger partial charge in [-0.1, -0.05) is 20.8 Å². The first-order valence-electron chi connectivity index (χ1n) is 10.3. The van der Waals surface area contributed by atoms with Crippen molar-refractivity contribution in [2.24, 2.45) is 11.3 Å². The smallest absolute Gasteiger partial charge is 0.324 e. The molecule has 0 amide bonds. The number of alkyl halides is 3. The van der Waals surface area contributed by atoms with Crippen LogP contribution in [0.3, 0.4) is 0 Å². The summed E-state index contributed by atoms with van der Waals surface area (Å²) in [6.07, 6.45) is 1.64. The molecule has 0 saturated carbocycles. The molecule has 1 saturated heterocycles. The predicted molar refractivity (Wildman–Crippen MR) is 110 cm³/mol. The summed E-state index contributed by atoms with van der Waals surface area (Å²) in [6, 6.07) is 3.97. The number of aliphatic hydroxyl groups excluding tert-OH is 1. The molecule has 164 valence electrons. The molecular weight excluding hydrogens is 400 g/mol. The molecule has 3 rings (SSSR count). The minimum Gasteiger partial charge on any atom is -0.493 e. The zero-order valence-corrected chi connectivity index (χ0v) is 18.4. The van der Waals surface area contributed by atoms with E-state index in [0.717, 1.165) is 37.1 Å². The Balaban J connectivity index is 1.77. The maximum atomic E-state index is 12.9. The number of hydrogen-bond acceptors (Lipinski definition) is 4. The van der Waals surface area contributed by atoms with Gasteiger partial charge in [-0.2, -0.15) is 8.78 Å². The van der Waals surface area contributed by atoms with Gasteiger partial charge in [0.1, 0.15) is 0 Å². The second-order valence-electron chi connectivity index (χ2n) is 9.50. The number of piperidine rings is 1. The number of halogens is 3. The van der Waals surface area contributed by atoms with E-state index in [2.05, 4.69) is 25.7 Å². The molecule has 1 aromatic carbocycles. The Bertz CT molecular complexity index is 717. The van der Waals surface area contributed by atoms with Crippen LogP contribution in [-0.4, -0.2) is 48.3 Å². The summed E-state index contributed by atoms with van der Waals surface area (Å²) in [5.41, 5.74) is 2.44. The number of hydrogen-bond donors (Lipinski definition) is 1. The first-order valence-corrected chi connectivity index (χ1v) is 10.7. The van der Waals surface area contributed by atoms with Crippen LogP contribution in [0.4, 0.5) is 8.78 Å². The lowest BCUT2D eigenvalue weighted by Crippen LogP contribution is -2.48. The molecular formula is C22H32ClF2NO3. The molecule has 4 nitrogen and oxygen atoms in total. The van der Waals surface area contributed by atoms with Gasteiger partial charge in [-0.3, -0.25) is 4.90 Å². The van der Waals surface area contributed by atoms with Crippen LogP contribution < -0.4 is 9.47 Å². The molecule has 7 heteroatoms. The van der Waals surface area contributed by atoms with E-state index < -0.39 is 11.8 Å². The van der Waals surface area contributed by atoms with E-state index in [-0.39, 0.29) is 30.1 Å². The van der Waals surface area contributed by atoms with Gasteiger partial charge in [0.15, 0.2) is 11.5 Å². The predicted octanol–water partition coefficient (Wildman–Crippen LogP) is 5.01. The lowest BCUT2D eigenvalue weighted by molar-refractivity contribution is -0.0259. The normalized spacial score (nSPS) is 25.3. The van der Waals surface area contributed by atoms with Gasteiger partial charge in [-0.15, -0.1) is 0 Å². The Morgan fingerprint density at radius 3 is 2.59 bits per heavy atom. The summed E-state index contributed by atoms with van der Waals surface area (Å²) in [5.74, 6) is 1.26. The molecule has 2 heterocycles. The van der Waals surface area contributed by atoms with E-state index in [9.17, 15) is 13.9 Å². The first-order chi connectivity index (χ1) is 13.5. The molecule has 3 atom stereocenters. The van der Waals surface area contributed by atoms with Gasteiger partial charge in [-0.25, -0.2) is 0 Å². The third kappa shape index (κ3) is 5.74. The SMILES string of the molecule is COc1cc2c(cc1OCCC(F)(F)Cl)CCN1C[C@@H](CC(C)(C)C)[C@H](O)C[C@H]21. The van der Waals surface area contributed by atoms with Gasteiger partial charge < -0.3 is 14.6 Å². The summed E-state index contributed by atoms with van der Waals surface area (Å²) in [5, 5.41) is 7.53. The fraction of sp³-hybridized carbons (Fsp3) is 0.727. The zero-order valence-electron chi connectivity index (χ0n) is 17.7. The molecule has 0 unspecified atom stereocenters. The Morgan fingerprint density at radius 1 is 1.24 bits per heavy atom. The molecule has 0 aliphatic carbocycles. The summed E-state index contributed by atoms with van der Waals surface area (Å²) in [7, 11) is 1.54. The highest BCUT2D eigenvalue weighted by Crippen LogP contribution is 2.44. The number of methoxy groups -OCH3 is 1. The van der Waals surface area contributed by atoms with Crippen LogP contribution in [-0.2, 0) is 6.42 Å². The lowest BCUT2D eigenvalue weighted by atomic mass is 9.75. The van der Waals surface area contributed by atoms with E-state index in [4.69, 9.17) is 21.1 Å². The average Bonchev–Trinajstić information content (AvgIpc) is 2.59. The standard InChI is InChI=1S/C22H32ClF2NO3/c1-21(2,3)12-15-13-26-7-5-14-9-20(29-8-6-22(23,24)25)19(28-4)10-16(14)17(26)11-18(15)27/h9-10,15,17-18,27H,5-8,11-13H2,1-4H3/t15-,17-,18-/m1/s1. The van der Waals surface area contributed by atoms with Crippen molar-refractivity contribution in [1.82, 2.24) is 4.90 Å². The van der Waals surface area contributed by atoms with Gasteiger partial charge in [0.2, 0.25) is 0 Å². The van der Waals surface area contributed by atoms with Crippen molar-refractivity contribution in [2.45, 2.75) is 64.0 Å². The zero-order chi connectivity index (χ0) is 21.4. The van der Waals surface area contributed by atoms with Gasteiger partial charge in [-0.05, 0) is 65.5 Å². The Kier molecular flexibility index (Phi) is 6.66. The van der Waals surface area contributed by atoms with Gasteiger partial charge in [0, 0.05) is 19.1 Å². The van der Waals surface area contributed by atoms with Crippen LogP contribution in [0.1, 0.15) is 57.2 Å². The minimum atomic E-state index is -3.27. The molecule has 0 bridgehead atoms. The molecule has 1 fully saturated rings. The Morgan fingerprint density at radius 2 is 1.97 bits per heavy atom. The fourth-order valence-electron chi connectivity index (χ4n) is 4.64. The Hall–Kier alpha value is -1.11. The maximum absolute atomic E-state index is 12.9. The highest BCUT2D eigenvalue weighted by Gasteiger charge is 2.39. The minimum absolute atomic E-state index is 0.139. The maximum Gasteiger partial charge on any atom is 0.324 e. The number of nitrogens with zero attached hydrogens (tertiary/aromatic N) is 1. The Labute approximate surface area is 177 Å². The largest absolute Gasteiger partial charge is 0.493 e.